The van der Waals surface area contributed by atoms with Crippen LogP contribution in [0.3, 0.4) is 0 Å². The Balaban J connectivity index is 1.65. The quantitative estimate of drug-likeness (QED) is 0.611. The van der Waals surface area contributed by atoms with Crippen molar-refractivity contribution in [1.29, 1.82) is 0 Å². The molecule has 0 spiro atoms. The van der Waals surface area contributed by atoms with Gasteiger partial charge in [-0.15, -0.1) is 0 Å². The first kappa shape index (κ1) is 18.2. The van der Waals surface area contributed by atoms with Crippen molar-refractivity contribution in [1.82, 2.24) is 0 Å². The van der Waals surface area contributed by atoms with Gasteiger partial charge in [0.25, 0.3) is 5.91 Å². The molecule has 4 nitrogen and oxygen atoms in total. The maximum Gasteiger partial charge on any atom is 0.291 e. The van der Waals surface area contributed by atoms with E-state index in [1.54, 1.807) is 23.5 Å². The number of nitrogens with one attached hydrogen (secondary N) is 1. The number of amides is 1. The molecule has 138 valence electrons. The van der Waals surface area contributed by atoms with E-state index in [1.807, 2.05) is 48.5 Å². The van der Waals surface area contributed by atoms with Gasteiger partial charge in [0.1, 0.15) is 9.96 Å². The van der Waals surface area contributed by atoms with E-state index in [-0.39, 0.29) is 5.91 Å². The topological polar surface area (TPSA) is 54.6 Å². The Kier molecular flexibility index (Phi) is 5.55. The Bertz CT molecular complexity index is 1010. The molecule has 4 rings (SSSR count). The van der Waals surface area contributed by atoms with Gasteiger partial charge < -0.3 is 9.73 Å². The van der Waals surface area contributed by atoms with E-state index in [2.05, 4.69) is 17.2 Å². The Labute approximate surface area is 166 Å². The van der Waals surface area contributed by atoms with Crippen molar-refractivity contribution in [3.05, 3.63) is 65.4 Å². The summed E-state index contributed by atoms with van der Waals surface area (Å²) in [5.41, 5.74) is 3.61. The molecule has 0 unspecified atom stereocenters. The summed E-state index contributed by atoms with van der Waals surface area (Å²) in [6.07, 6.45) is 0.857. The fraction of sp³-hybridized carbons (Fsp3) is 0.238. The summed E-state index contributed by atoms with van der Waals surface area (Å²) in [7, 11) is 0. The minimum absolute atomic E-state index is 0.205. The third kappa shape index (κ3) is 3.92. The molecular formula is C21H20N2O2S2. The third-order valence-corrected chi connectivity index (χ3v) is 6.73. The molecule has 1 amide bonds. The summed E-state index contributed by atoms with van der Waals surface area (Å²) in [5.74, 6) is 1.89. The smallest absolute Gasteiger partial charge is 0.291 e. The van der Waals surface area contributed by atoms with Crippen molar-refractivity contribution in [2.24, 2.45) is 4.99 Å². The molecule has 1 aliphatic rings. The lowest BCUT2D eigenvalue weighted by Gasteiger charge is -2.09. The molecule has 2 aromatic carbocycles. The summed E-state index contributed by atoms with van der Waals surface area (Å²) in [6.45, 7) is 2.95. The van der Waals surface area contributed by atoms with Gasteiger partial charge in [-0.05, 0) is 24.1 Å². The number of aliphatic imine (C=N–C) groups is 1. The maximum absolute atomic E-state index is 13.0. The van der Waals surface area contributed by atoms with E-state index in [0.717, 1.165) is 50.9 Å². The van der Waals surface area contributed by atoms with Crippen molar-refractivity contribution >= 4 is 50.5 Å². The van der Waals surface area contributed by atoms with Crippen molar-refractivity contribution < 1.29 is 9.21 Å². The van der Waals surface area contributed by atoms with Gasteiger partial charge in [0.05, 0.1) is 6.54 Å². The average Bonchev–Trinajstić information content (AvgIpc) is 3.34. The Morgan fingerprint density at radius 2 is 2.04 bits per heavy atom. The third-order valence-electron chi connectivity index (χ3n) is 4.45. The lowest BCUT2D eigenvalue weighted by atomic mass is 10.1. The summed E-state index contributed by atoms with van der Waals surface area (Å²) < 4.78 is 7.04. The number of hydrogen-bond acceptors (Lipinski definition) is 5. The molecule has 0 aliphatic carbocycles. The van der Waals surface area contributed by atoms with E-state index in [0.29, 0.717) is 11.5 Å². The predicted molar refractivity (Wildman–Crippen MR) is 116 cm³/mol. The largest absolute Gasteiger partial charge is 0.451 e. The van der Waals surface area contributed by atoms with Crippen LogP contribution in [0.1, 0.15) is 28.6 Å². The van der Waals surface area contributed by atoms with E-state index in [4.69, 9.17) is 4.42 Å². The average molecular weight is 397 g/mol. The summed E-state index contributed by atoms with van der Waals surface area (Å²) in [4.78, 5) is 17.5. The number of nitrogens with zero attached hydrogens (tertiary/aromatic N) is 1. The van der Waals surface area contributed by atoms with Gasteiger partial charge in [-0.2, -0.15) is 0 Å². The lowest BCUT2D eigenvalue weighted by molar-refractivity contribution is 0.0997. The van der Waals surface area contributed by atoms with Crippen LogP contribution in [0.15, 0.2) is 57.9 Å². The number of carbonyl (C=O) groups is 1. The van der Waals surface area contributed by atoms with E-state index < -0.39 is 0 Å². The van der Waals surface area contributed by atoms with E-state index >= 15 is 0 Å². The highest BCUT2D eigenvalue weighted by Gasteiger charge is 2.22. The summed E-state index contributed by atoms with van der Waals surface area (Å²) in [6, 6.07) is 15.7. The maximum atomic E-state index is 13.0. The number of para-hydroxylation sites is 2. The summed E-state index contributed by atoms with van der Waals surface area (Å²) >= 11 is 3.45. The zero-order valence-electron chi connectivity index (χ0n) is 15.0. The van der Waals surface area contributed by atoms with Crippen LogP contribution in [0.4, 0.5) is 5.69 Å². The molecule has 1 aliphatic heterocycles. The fourth-order valence-electron chi connectivity index (χ4n) is 3.09. The number of carbonyl (C=O) groups excluding carboxylic acids is 1. The second-order valence-corrected chi connectivity index (χ2v) is 8.46. The van der Waals surface area contributed by atoms with Gasteiger partial charge >= 0.3 is 0 Å². The Hall–Kier alpha value is -2.18. The molecule has 0 atom stereocenters. The molecule has 1 N–H and O–H groups in total. The molecule has 0 saturated heterocycles. The molecule has 0 saturated carbocycles. The van der Waals surface area contributed by atoms with Crippen molar-refractivity contribution in [2.45, 2.75) is 19.1 Å². The van der Waals surface area contributed by atoms with Gasteiger partial charge in [0.2, 0.25) is 0 Å². The number of fused-ring (bicyclic) bond motifs is 1. The number of aryl methyl sites for hydroxylation is 1. The number of anilines is 1. The predicted octanol–water partition coefficient (Wildman–Crippen LogP) is 5.58. The molecular weight excluding hydrogens is 376 g/mol. The van der Waals surface area contributed by atoms with Crippen LogP contribution in [-0.4, -0.2) is 22.6 Å². The first-order valence-corrected chi connectivity index (χ1v) is 10.9. The van der Waals surface area contributed by atoms with Gasteiger partial charge in [-0.3, -0.25) is 9.79 Å². The highest BCUT2D eigenvalue weighted by Crippen LogP contribution is 2.33. The van der Waals surface area contributed by atoms with Gasteiger partial charge in [0.15, 0.2) is 5.76 Å². The molecule has 0 bridgehead atoms. The molecule has 0 fully saturated rings. The molecule has 0 radical (unpaired) electrons. The zero-order chi connectivity index (χ0) is 18.6. The highest BCUT2D eigenvalue weighted by molar-refractivity contribution is 8.38. The number of hydrogen-bond donors (Lipinski definition) is 1. The Morgan fingerprint density at radius 1 is 1.22 bits per heavy atom. The summed E-state index contributed by atoms with van der Waals surface area (Å²) in [5, 5.41) is 4.02. The SMILES string of the molecule is CCc1ccccc1NC(=O)c1oc2ccccc2c1CSC1=NCCS1. The van der Waals surface area contributed by atoms with Gasteiger partial charge in [-0.1, -0.05) is 66.8 Å². The van der Waals surface area contributed by atoms with Crippen molar-refractivity contribution in [2.75, 3.05) is 17.6 Å². The first-order valence-electron chi connectivity index (χ1n) is 8.96. The van der Waals surface area contributed by atoms with E-state index in [9.17, 15) is 4.79 Å². The Morgan fingerprint density at radius 3 is 2.85 bits per heavy atom. The van der Waals surface area contributed by atoms with Crippen molar-refractivity contribution in [3.63, 3.8) is 0 Å². The van der Waals surface area contributed by atoms with Crippen LogP contribution in [0.25, 0.3) is 11.0 Å². The highest BCUT2D eigenvalue weighted by atomic mass is 32.2. The zero-order valence-corrected chi connectivity index (χ0v) is 16.7. The molecule has 27 heavy (non-hydrogen) atoms. The minimum Gasteiger partial charge on any atom is -0.451 e. The van der Waals surface area contributed by atoms with Crippen LogP contribution in [0.5, 0.6) is 0 Å². The minimum atomic E-state index is -0.205. The van der Waals surface area contributed by atoms with E-state index in [1.165, 1.54) is 0 Å². The molecule has 3 aromatic rings. The van der Waals surface area contributed by atoms with Gasteiger partial charge in [0, 0.05) is 28.1 Å². The van der Waals surface area contributed by atoms with Crippen LogP contribution in [0, 0.1) is 0 Å². The number of thioether (sulfide) groups is 2. The number of benzene rings is 2. The fourth-order valence-corrected chi connectivity index (χ4v) is 5.13. The lowest BCUT2D eigenvalue weighted by Crippen LogP contribution is -2.14. The standard InChI is InChI=1S/C21H20N2O2S2/c1-2-14-7-3-5-9-17(14)23-20(24)19-16(13-27-21-22-11-12-26-21)15-8-4-6-10-18(15)25-19/h3-10H,2,11-13H2,1H3,(H,23,24). The van der Waals surface area contributed by atoms with Crippen LogP contribution >= 0.6 is 23.5 Å². The molecule has 6 heteroatoms. The number of furan rings is 1. The molecule has 2 heterocycles. The monoisotopic (exact) mass is 396 g/mol. The van der Waals surface area contributed by atoms with Crippen LogP contribution < -0.4 is 5.32 Å². The van der Waals surface area contributed by atoms with Gasteiger partial charge in [-0.25, -0.2) is 0 Å². The van der Waals surface area contributed by atoms with Crippen molar-refractivity contribution in [3.8, 4) is 0 Å². The first-order chi connectivity index (χ1) is 13.3. The second kappa shape index (κ2) is 8.23. The van der Waals surface area contributed by atoms with Crippen LogP contribution in [-0.2, 0) is 12.2 Å². The second-order valence-electron chi connectivity index (χ2n) is 6.16. The normalized spacial score (nSPS) is 13.7. The van der Waals surface area contributed by atoms with Crippen LogP contribution in [0.2, 0.25) is 0 Å². The molecule has 1 aromatic heterocycles. The number of rotatable bonds is 5.